The van der Waals surface area contributed by atoms with Crippen molar-refractivity contribution < 1.29 is 19.0 Å². The van der Waals surface area contributed by atoms with Crippen LogP contribution >= 0.6 is 0 Å². The molecule has 0 N–H and O–H groups in total. The molecule has 0 fully saturated rings. The fraction of sp³-hybridized carbons (Fsp3) is 0.417. The van der Waals surface area contributed by atoms with Gasteiger partial charge in [0.2, 0.25) is 0 Å². The van der Waals surface area contributed by atoms with Crippen molar-refractivity contribution >= 4 is 5.78 Å². The SMILES string of the molecule is CCOc1ccccc1OCC(=O)COC. The minimum absolute atomic E-state index is 0.00206. The molecule has 0 aliphatic carbocycles. The third-order valence-electron chi connectivity index (χ3n) is 1.84. The van der Waals surface area contributed by atoms with Crippen LogP contribution < -0.4 is 9.47 Å². The summed E-state index contributed by atoms with van der Waals surface area (Å²) in [5, 5.41) is 0. The van der Waals surface area contributed by atoms with Crippen LogP contribution in [0, 0.1) is 0 Å². The van der Waals surface area contributed by atoms with Gasteiger partial charge < -0.3 is 14.2 Å². The molecule has 4 nitrogen and oxygen atoms in total. The van der Waals surface area contributed by atoms with Gasteiger partial charge in [0.15, 0.2) is 17.3 Å². The molecule has 88 valence electrons. The fourth-order valence-corrected chi connectivity index (χ4v) is 1.21. The number of carbonyl (C=O) groups is 1. The first-order valence-corrected chi connectivity index (χ1v) is 5.13. The van der Waals surface area contributed by atoms with Gasteiger partial charge in [-0.25, -0.2) is 0 Å². The Morgan fingerprint density at radius 1 is 1.12 bits per heavy atom. The highest BCUT2D eigenvalue weighted by Gasteiger charge is 2.06. The normalized spacial score (nSPS) is 9.88. The third kappa shape index (κ3) is 3.90. The standard InChI is InChI=1S/C12H16O4/c1-3-15-11-6-4-5-7-12(11)16-9-10(13)8-14-2/h4-7H,3,8-9H2,1-2H3. The maximum absolute atomic E-state index is 11.2. The molecule has 16 heavy (non-hydrogen) atoms. The number of methoxy groups -OCH3 is 1. The van der Waals surface area contributed by atoms with Gasteiger partial charge in [0.1, 0.15) is 13.2 Å². The Morgan fingerprint density at radius 2 is 1.75 bits per heavy atom. The Bertz CT molecular complexity index is 336. The average molecular weight is 224 g/mol. The zero-order valence-electron chi connectivity index (χ0n) is 9.56. The van der Waals surface area contributed by atoms with Crippen LogP contribution in [0.2, 0.25) is 0 Å². The van der Waals surface area contributed by atoms with Crippen molar-refractivity contribution in [2.75, 3.05) is 26.9 Å². The third-order valence-corrected chi connectivity index (χ3v) is 1.84. The smallest absolute Gasteiger partial charge is 0.195 e. The summed E-state index contributed by atoms with van der Waals surface area (Å²) in [6.07, 6.45) is 0. The van der Waals surface area contributed by atoms with E-state index in [0.717, 1.165) is 0 Å². The van der Waals surface area contributed by atoms with E-state index in [9.17, 15) is 4.79 Å². The molecule has 0 aliphatic heterocycles. The maximum Gasteiger partial charge on any atom is 0.195 e. The summed E-state index contributed by atoms with van der Waals surface area (Å²) in [5.41, 5.74) is 0. The number of ether oxygens (including phenoxy) is 3. The van der Waals surface area contributed by atoms with Crippen LogP contribution in [-0.2, 0) is 9.53 Å². The first-order valence-electron chi connectivity index (χ1n) is 5.13. The minimum atomic E-state index is -0.103. The van der Waals surface area contributed by atoms with E-state index >= 15 is 0 Å². The Morgan fingerprint density at radius 3 is 2.31 bits per heavy atom. The number of ketones is 1. The summed E-state index contributed by atoms with van der Waals surface area (Å²) >= 11 is 0. The van der Waals surface area contributed by atoms with E-state index in [2.05, 4.69) is 0 Å². The van der Waals surface area contributed by atoms with Crippen molar-refractivity contribution in [2.45, 2.75) is 6.92 Å². The Kier molecular flexibility index (Phi) is 5.36. The highest BCUT2D eigenvalue weighted by molar-refractivity contribution is 5.81. The van der Waals surface area contributed by atoms with Gasteiger partial charge >= 0.3 is 0 Å². The molecule has 1 aromatic carbocycles. The summed E-state index contributed by atoms with van der Waals surface area (Å²) in [6, 6.07) is 7.26. The van der Waals surface area contributed by atoms with Gasteiger partial charge in [0.25, 0.3) is 0 Å². The number of hydrogen-bond acceptors (Lipinski definition) is 4. The van der Waals surface area contributed by atoms with Crippen molar-refractivity contribution in [2.24, 2.45) is 0 Å². The molecule has 0 heterocycles. The monoisotopic (exact) mass is 224 g/mol. The number of carbonyl (C=O) groups excluding carboxylic acids is 1. The van der Waals surface area contributed by atoms with E-state index in [1.807, 2.05) is 19.1 Å². The lowest BCUT2D eigenvalue weighted by Crippen LogP contribution is -2.16. The number of para-hydroxylation sites is 2. The fourth-order valence-electron chi connectivity index (χ4n) is 1.21. The van der Waals surface area contributed by atoms with Gasteiger partial charge in [-0.3, -0.25) is 4.79 Å². The molecule has 0 bridgehead atoms. The molecule has 0 saturated heterocycles. The van der Waals surface area contributed by atoms with Gasteiger partial charge in [-0.1, -0.05) is 12.1 Å². The van der Waals surface area contributed by atoms with Crippen LogP contribution in [0.3, 0.4) is 0 Å². The lowest BCUT2D eigenvalue weighted by molar-refractivity contribution is -0.124. The Hall–Kier alpha value is -1.55. The minimum Gasteiger partial charge on any atom is -0.490 e. The molecule has 0 unspecified atom stereocenters. The molecular formula is C12H16O4. The lowest BCUT2D eigenvalue weighted by atomic mass is 10.3. The summed E-state index contributed by atoms with van der Waals surface area (Å²) in [7, 11) is 1.48. The molecule has 0 radical (unpaired) electrons. The van der Waals surface area contributed by atoms with Crippen LogP contribution in [0.15, 0.2) is 24.3 Å². The molecular weight excluding hydrogens is 208 g/mol. The van der Waals surface area contributed by atoms with Crippen molar-refractivity contribution in [3.05, 3.63) is 24.3 Å². The second-order valence-corrected chi connectivity index (χ2v) is 3.14. The molecule has 1 rings (SSSR count). The highest BCUT2D eigenvalue weighted by Crippen LogP contribution is 2.26. The van der Waals surface area contributed by atoms with Crippen LogP contribution in [0.1, 0.15) is 6.92 Å². The summed E-state index contributed by atoms with van der Waals surface area (Å²) < 4.78 is 15.4. The summed E-state index contributed by atoms with van der Waals surface area (Å²) in [6.45, 7) is 2.52. The number of rotatable bonds is 7. The number of Topliss-reactive ketones (excluding diaryl/α,β-unsaturated/α-hetero) is 1. The second-order valence-electron chi connectivity index (χ2n) is 3.14. The van der Waals surface area contributed by atoms with E-state index in [4.69, 9.17) is 14.2 Å². The molecule has 0 amide bonds. The molecule has 0 atom stereocenters. The topological polar surface area (TPSA) is 44.8 Å². The van der Waals surface area contributed by atoms with Gasteiger partial charge in [-0.15, -0.1) is 0 Å². The first-order chi connectivity index (χ1) is 7.77. The average Bonchev–Trinajstić information content (AvgIpc) is 2.29. The van der Waals surface area contributed by atoms with E-state index in [1.54, 1.807) is 12.1 Å². The van der Waals surface area contributed by atoms with E-state index in [0.29, 0.717) is 18.1 Å². The lowest BCUT2D eigenvalue weighted by Gasteiger charge is -2.10. The Labute approximate surface area is 95.1 Å². The van der Waals surface area contributed by atoms with Gasteiger partial charge in [-0.05, 0) is 19.1 Å². The van der Waals surface area contributed by atoms with Gasteiger partial charge in [-0.2, -0.15) is 0 Å². The predicted molar refractivity (Wildman–Crippen MR) is 60.0 cm³/mol. The molecule has 0 aliphatic rings. The molecule has 0 saturated carbocycles. The summed E-state index contributed by atoms with van der Waals surface area (Å²) in [5.74, 6) is 1.12. The van der Waals surface area contributed by atoms with Crippen molar-refractivity contribution in [3.8, 4) is 11.5 Å². The van der Waals surface area contributed by atoms with E-state index < -0.39 is 0 Å². The summed E-state index contributed by atoms with van der Waals surface area (Å²) in [4.78, 5) is 11.2. The van der Waals surface area contributed by atoms with Crippen molar-refractivity contribution in [1.82, 2.24) is 0 Å². The van der Waals surface area contributed by atoms with Crippen molar-refractivity contribution in [3.63, 3.8) is 0 Å². The molecule has 4 heteroatoms. The highest BCUT2D eigenvalue weighted by atomic mass is 16.5. The van der Waals surface area contributed by atoms with Crippen molar-refractivity contribution in [1.29, 1.82) is 0 Å². The molecule has 0 aromatic heterocycles. The van der Waals surface area contributed by atoms with Crippen LogP contribution in [0.5, 0.6) is 11.5 Å². The Balaban J connectivity index is 2.55. The quantitative estimate of drug-likeness (QED) is 0.706. The maximum atomic E-state index is 11.2. The molecule has 1 aromatic rings. The van der Waals surface area contributed by atoms with Crippen LogP contribution in [-0.4, -0.2) is 32.7 Å². The second kappa shape index (κ2) is 6.85. The van der Waals surface area contributed by atoms with E-state index in [1.165, 1.54) is 7.11 Å². The zero-order chi connectivity index (χ0) is 11.8. The van der Waals surface area contributed by atoms with Gasteiger partial charge in [0.05, 0.1) is 6.61 Å². The number of benzene rings is 1. The number of hydrogen-bond donors (Lipinski definition) is 0. The predicted octanol–water partition coefficient (Wildman–Crippen LogP) is 1.68. The van der Waals surface area contributed by atoms with E-state index in [-0.39, 0.29) is 19.0 Å². The zero-order valence-corrected chi connectivity index (χ0v) is 9.56. The van der Waals surface area contributed by atoms with Gasteiger partial charge in [0, 0.05) is 7.11 Å². The first kappa shape index (κ1) is 12.5. The van der Waals surface area contributed by atoms with Crippen LogP contribution in [0.25, 0.3) is 0 Å². The largest absolute Gasteiger partial charge is 0.490 e. The van der Waals surface area contributed by atoms with Crippen LogP contribution in [0.4, 0.5) is 0 Å². The molecule has 0 spiro atoms.